The van der Waals surface area contributed by atoms with Crippen LogP contribution in [-0.2, 0) is 6.61 Å². The summed E-state index contributed by atoms with van der Waals surface area (Å²) < 4.78 is 5.78. The van der Waals surface area contributed by atoms with Gasteiger partial charge >= 0.3 is 0 Å². The molecule has 5 heteroatoms. The standard InChI is InChI=1S/C25H27N3O2/c1-19-13-15-28(16-14-19)24-12-9-22(17-26-24)27-25(29)21-7-10-23(11-8-21)30-18-20-5-3-2-4-6-20/h2-12,17,19H,13-16,18H2,1H3,(H,27,29). The summed E-state index contributed by atoms with van der Waals surface area (Å²) in [6.07, 6.45) is 4.12. The molecule has 0 radical (unpaired) electrons. The van der Waals surface area contributed by atoms with Gasteiger partial charge in [0.15, 0.2) is 0 Å². The summed E-state index contributed by atoms with van der Waals surface area (Å²) >= 11 is 0. The summed E-state index contributed by atoms with van der Waals surface area (Å²) in [6.45, 7) is 4.88. The SMILES string of the molecule is CC1CCN(c2ccc(NC(=O)c3ccc(OCc4ccccc4)cc3)cn2)CC1. The number of nitrogens with zero attached hydrogens (tertiary/aromatic N) is 2. The van der Waals surface area contributed by atoms with Gasteiger partial charge in [0.2, 0.25) is 0 Å². The zero-order valence-electron chi connectivity index (χ0n) is 17.3. The predicted molar refractivity (Wildman–Crippen MR) is 120 cm³/mol. The molecule has 154 valence electrons. The lowest BCUT2D eigenvalue weighted by atomic mass is 9.99. The molecule has 0 bridgehead atoms. The van der Waals surface area contributed by atoms with E-state index in [2.05, 4.69) is 22.1 Å². The van der Waals surface area contributed by atoms with E-state index >= 15 is 0 Å². The van der Waals surface area contributed by atoms with Crippen molar-refractivity contribution in [2.24, 2.45) is 5.92 Å². The number of anilines is 2. The van der Waals surface area contributed by atoms with E-state index in [-0.39, 0.29) is 5.91 Å². The number of ether oxygens (including phenoxy) is 1. The Morgan fingerprint density at radius 2 is 1.77 bits per heavy atom. The number of aromatic nitrogens is 1. The van der Waals surface area contributed by atoms with Gasteiger partial charge in [-0.05, 0) is 60.7 Å². The van der Waals surface area contributed by atoms with Crippen LogP contribution in [0.15, 0.2) is 72.9 Å². The molecule has 30 heavy (non-hydrogen) atoms. The molecular formula is C25H27N3O2. The number of carbonyl (C=O) groups is 1. The van der Waals surface area contributed by atoms with E-state index in [1.54, 1.807) is 18.3 Å². The maximum Gasteiger partial charge on any atom is 0.255 e. The van der Waals surface area contributed by atoms with Gasteiger partial charge in [0, 0.05) is 18.7 Å². The molecule has 3 aromatic rings. The second-order valence-electron chi connectivity index (χ2n) is 7.83. The summed E-state index contributed by atoms with van der Waals surface area (Å²) in [5, 5.41) is 2.91. The topological polar surface area (TPSA) is 54.5 Å². The van der Waals surface area contributed by atoms with Gasteiger partial charge in [0.25, 0.3) is 5.91 Å². The Balaban J connectivity index is 1.31. The highest BCUT2D eigenvalue weighted by molar-refractivity contribution is 6.04. The lowest BCUT2D eigenvalue weighted by Gasteiger charge is -2.31. The predicted octanol–water partition coefficient (Wildman–Crippen LogP) is 5.15. The maximum absolute atomic E-state index is 12.5. The normalized spacial score (nSPS) is 14.4. The van der Waals surface area contributed by atoms with Gasteiger partial charge in [-0.3, -0.25) is 4.79 Å². The Kier molecular flexibility index (Phi) is 6.28. The van der Waals surface area contributed by atoms with Crippen LogP contribution in [0.5, 0.6) is 5.75 Å². The third-order valence-electron chi connectivity index (χ3n) is 5.48. The van der Waals surface area contributed by atoms with Crippen LogP contribution < -0.4 is 15.0 Å². The Morgan fingerprint density at radius 1 is 1.03 bits per heavy atom. The van der Waals surface area contributed by atoms with Crippen LogP contribution in [0.3, 0.4) is 0 Å². The number of nitrogens with one attached hydrogen (secondary N) is 1. The number of hydrogen-bond donors (Lipinski definition) is 1. The van der Waals surface area contributed by atoms with Crippen LogP contribution in [0.25, 0.3) is 0 Å². The van der Waals surface area contributed by atoms with Gasteiger partial charge in [-0.2, -0.15) is 0 Å². The van der Waals surface area contributed by atoms with Crippen molar-refractivity contribution in [2.45, 2.75) is 26.4 Å². The van der Waals surface area contributed by atoms with E-state index in [1.807, 2.05) is 54.6 Å². The minimum absolute atomic E-state index is 0.161. The second-order valence-corrected chi connectivity index (χ2v) is 7.83. The van der Waals surface area contributed by atoms with E-state index in [0.29, 0.717) is 17.9 Å². The molecule has 0 spiro atoms. The largest absolute Gasteiger partial charge is 0.489 e. The van der Waals surface area contributed by atoms with Crippen LogP contribution in [0.1, 0.15) is 35.7 Å². The van der Waals surface area contributed by atoms with Crippen LogP contribution in [0.2, 0.25) is 0 Å². The van der Waals surface area contributed by atoms with Gasteiger partial charge in [-0.15, -0.1) is 0 Å². The first kappa shape index (κ1) is 20.0. The second kappa shape index (κ2) is 9.44. The fourth-order valence-electron chi connectivity index (χ4n) is 3.53. The van der Waals surface area contributed by atoms with Crippen LogP contribution in [-0.4, -0.2) is 24.0 Å². The highest BCUT2D eigenvalue weighted by atomic mass is 16.5. The summed E-state index contributed by atoms with van der Waals surface area (Å²) in [5.74, 6) is 2.33. The summed E-state index contributed by atoms with van der Waals surface area (Å²) in [5.41, 5.74) is 2.38. The first-order chi connectivity index (χ1) is 14.7. The smallest absolute Gasteiger partial charge is 0.255 e. The number of amides is 1. The van der Waals surface area contributed by atoms with Crippen LogP contribution >= 0.6 is 0 Å². The van der Waals surface area contributed by atoms with Gasteiger partial charge in [-0.1, -0.05) is 37.3 Å². The number of pyridine rings is 1. The molecule has 0 aliphatic carbocycles. The fourth-order valence-corrected chi connectivity index (χ4v) is 3.53. The van der Waals surface area contributed by atoms with Gasteiger partial charge in [0.05, 0.1) is 11.9 Å². The minimum atomic E-state index is -0.161. The molecule has 0 saturated carbocycles. The Bertz CT molecular complexity index is 948. The molecule has 2 heterocycles. The van der Waals surface area contributed by atoms with Gasteiger partial charge in [-0.25, -0.2) is 4.98 Å². The lowest BCUT2D eigenvalue weighted by molar-refractivity contribution is 0.102. The van der Waals surface area contributed by atoms with E-state index < -0.39 is 0 Å². The monoisotopic (exact) mass is 401 g/mol. The van der Waals surface area contributed by atoms with Crippen molar-refractivity contribution >= 4 is 17.4 Å². The van der Waals surface area contributed by atoms with Crippen molar-refractivity contribution in [3.63, 3.8) is 0 Å². The Hall–Kier alpha value is -3.34. The molecule has 4 rings (SSSR count). The Labute approximate surface area is 177 Å². The highest BCUT2D eigenvalue weighted by Crippen LogP contribution is 2.22. The first-order valence-corrected chi connectivity index (χ1v) is 10.5. The molecule has 1 saturated heterocycles. The summed E-state index contributed by atoms with van der Waals surface area (Å²) in [7, 11) is 0. The quantitative estimate of drug-likeness (QED) is 0.621. The van der Waals surface area contributed by atoms with Crippen molar-refractivity contribution in [1.82, 2.24) is 4.98 Å². The average molecular weight is 402 g/mol. The third kappa shape index (κ3) is 5.17. The van der Waals surface area contributed by atoms with E-state index in [9.17, 15) is 4.79 Å². The van der Waals surface area contributed by atoms with Crippen molar-refractivity contribution in [1.29, 1.82) is 0 Å². The maximum atomic E-state index is 12.5. The Morgan fingerprint density at radius 3 is 2.43 bits per heavy atom. The molecule has 1 N–H and O–H groups in total. The molecule has 0 unspecified atom stereocenters. The van der Waals surface area contributed by atoms with Crippen molar-refractivity contribution < 1.29 is 9.53 Å². The molecule has 0 atom stereocenters. The van der Waals surface area contributed by atoms with Gasteiger partial charge < -0.3 is 15.0 Å². The first-order valence-electron chi connectivity index (χ1n) is 10.5. The van der Waals surface area contributed by atoms with Crippen molar-refractivity contribution in [3.05, 3.63) is 84.1 Å². The zero-order valence-corrected chi connectivity index (χ0v) is 17.3. The molecule has 1 aliphatic rings. The summed E-state index contributed by atoms with van der Waals surface area (Å²) in [4.78, 5) is 19.4. The molecule has 2 aromatic carbocycles. The number of hydrogen-bond acceptors (Lipinski definition) is 4. The van der Waals surface area contributed by atoms with E-state index in [4.69, 9.17) is 4.74 Å². The molecule has 1 amide bonds. The van der Waals surface area contributed by atoms with E-state index in [1.165, 1.54) is 12.8 Å². The van der Waals surface area contributed by atoms with Crippen molar-refractivity contribution in [3.8, 4) is 5.75 Å². The highest BCUT2D eigenvalue weighted by Gasteiger charge is 2.17. The molecule has 1 aliphatic heterocycles. The van der Waals surface area contributed by atoms with Crippen LogP contribution in [0.4, 0.5) is 11.5 Å². The van der Waals surface area contributed by atoms with Crippen LogP contribution in [0, 0.1) is 5.92 Å². The zero-order chi connectivity index (χ0) is 20.8. The van der Waals surface area contributed by atoms with Crippen molar-refractivity contribution in [2.75, 3.05) is 23.3 Å². The third-order valence-corrected chi connectivity index (χ3v) is 5.48. The molecular weight excluding hydrogens is 374 g/mol. The molecule has 5 nitrogen and oxygen atoms in total. The molecule has 1 fully saturated rings. The molecule has 1 aromatic heterocycles. The number of piperidine rings is 1. The average Bonchev–Trinajstić information content (AvgIpc) is 2.80. The van der Waals surface area contributed by atoms with E-state index in [0.717, 1.165) is 36.1 Å². The van der Waals surface area contributed by atoms with Gasteiger partial charge in [0.1, 0.15) is 18.2 Å². The minimum Gasteiger partial charge on any atom is -0.489 e. The summed E-state index contributed by atoms with van der Waals surface area (Å²) in [6, 6.07) is 21.1. The number of carbonyl (C=O) groups excluding carboxylic acids is 1. The lowest BCUT2D eigenvalue weighted by Crippen LogP contribution is -2.33. The fraction of sp³-hybridized carbons (Fsp3) is 0.280. The number of rotatable bonds is 6. The number of benzene rings is 2.